The predicted octanol–water partition coefficient (Wildman–Crippen LogP) is 3.28. The normalized spacial score (nSPS) is 19.4. The monoisotopic (exact) mass is 186 g/mol. The maximum atomic E-state index is 9.41. The number of hydrogen-bond acceptors (Lipinski definition) is 1. The molecule has 14 heavy (non-hydrogen) atoms. The average Bonchev–Trinajstić information content (AvgIpc) is 2.54. The number of allylic oxidation sites excluding steroid dienone is 2. The second kappa shape index (κ2) is 2.88. The van der Waals surface area contributed by atoms with Crippen LogP contribution in [0.4, 0.5) is 0 Å². The summed E-state index contributed by atoms with van der Waals surface area (Å²) in [5.74, 6) is 0.406. The fraction of sp³-hybridized carbons (Fsp3) is 0.385. The van der Waals surface area contributed by atoms with E-state index in [1.54, 1.807) is 11.1 Å². The van der Waals surface area contributed by atoms with Gasteiger partial charge in [0, 0.05) is 0 Å². The molecule has 72 valence electrons. The van der Waals surface area contributed by atoms with Gasteiger partial charge in [-0.25, -0.2) is 0 Å². The number of benzene rings is 1. The van der Waals surface area contributed by atoms with Crippen LogP contribution in [-0.4, -0.2) is 5.11 Å². The summed E-state index contributed by atoms with van der Waals surface area (Å²) in [6, 6.07) is 5.81. The van der Waals surface area contributed by atoms with E-state index >= 15 is 0 Å². The van der Waals surface area contributed by atoms with Crippen molar-refractivity contribution in [2.45, 2.75) is 32.1 Å². The van der Waals surface area contributed by atoms with Crippen molar-refractivity contribution >= 4 is 5.57 Å². The summed E-state index contributed by atoms with van der Waals surface area (Å²) in [7, 11) is 0. The summed E-state index contributed by atoms with van der Waals surface area (Å²) in [4.78, 5) is 0. The van der Waals surface area contributed by atoms with Gasteiger partial charge in [-0.15, -0.1) is 0 Å². The van der Waals surface area contributed by atoms with Crippen molar-refractivity contribution < 1.29 is 5.11 Å². The molecule has 2 aliphatic carbocycles. The third kappa shape index (κ3) is 1.08. The first-order valence-corrected chi connectivity index (χ1v) is 5.38. The van der Waals surface area contributed by atoms with Crippen molar-refractivity contribution in [1.29, 1.82) is 0 Å². The third-order valence-corrected chi connectivity index (χ3v) is 3.40. The van der Waals surface area contributed by atoms with Gasteiger partial charge in [-0.05, 0) is 60.9 Å². The van der Waals surface area contributed by atoms with E-state index in [0.29, 0.717) is 5.75 Å². The van der Waals surface area contributed by atoms with Gasteiger partial charge >= 0.3 is 0 Å². The summed E-state index contributed by atoms with van der Waals surface area (Å²) in [5, 5.41) is 9.41. The highest BCUT2D eigenvalue weighted by atomic mass is 16.3. The van der Waals surface area contributed by atoms with Gasteiger partial charge in [-0.1, -0.05) is 11.6 Å². The molecule has 1 nitrogen and oxygen atoms in total. The summed E-state index contributed by atoms with van der Waals surface area (Å²) < 4.78 is 0. The van der Waals surface area contributed by atoms with Gasteiger partial charge in [0.1, 0.15) is 5.75 Å². The Morgan fingerprint density at radius 2 is 1.93 bits per heavy atom. The molecule has 0 fully saturated rings. The molecule has 0 saturated carbocycles. The minimum Gasteiger partial charge on any atom is -0.508 e. The van der Waals surface area contributed by atoms with Gasteiger partial charge in [-0.2, -0.15) is 0 Å². The van der Waals surface area contributed by atoms with E-state index in [1.165, 1.54) is 36.8 Å². The third-order valence-electron chi connectivity index (χ3n) is 3.40. The molecule has 1 aromatic rings. The fourth-order valence-electron chi connectivity index (χ4n) is 2.74. The smallest absolute Gasteiger partial charge is 0.115 e. The van der Waals surface area contributed by atoms with Gasteiger partial charge in [0.2, 0.25) is 0 Å². The zero-order chi connectivity index (χ0) is 9.54. The molecular weight excluding hydrogens is 172 g/mol. The maximum Gasteiger partial charge on any atom is 0.115 e. The van der Waals surface area contributed by atoms with Crippen molar-refractivity contribution in [3.63, 3.8) is 0 Å². The van der Waals surface area contributed by atoms with Crippen molar-refractivity contribution in [2.24, 2.45) is 0 Å². The van der Waals surface area contributed by atoms with Crippen LogP contribution in [0.3, 0.4) is 0 Å². The highest BCUT2D eigenvalue weighted by Crippen LogP contribution is 2.42. The molecular formula is C13H14O. The van der Waals surface area contributed by atoms with Crippen LogP contribution < -0.4 is 0 Å². The standard InChI is InChI=1S/C13H14O/c14-11-5-6-13-10(8-11)7-9-3-1-2-4-12(9)13/h5-6,8,14H,1-4,7H2. The summed E-state index contributed by atoms with van der Waals surface area (Å²) in [6.07, 6.45) is 6.27. The molecule has 1 aromatic carbocycles. The number of phenols is 1. The fourth-order valence-corrected chi connectivity index (χ4v) is 2.74. The Morgan fingerprint density at radius 3 is 2.86 bits per heavy atom. The van der Waals surface area contributed by atoms with Crippen LogP contribution in [0.5, 0.6) is 5.75 Å². The minimum atomic E-state index is 0.406. The minimum absolute atomic E-state index is 0.406. The molecule has 2 aliphatic rings. The van der Waals surface area contributed by atoms with Crippen molar-refractivity contribution in [3.05, 3.63) is 34.9 Å². The van der Waals surface area contributed by atoms with Gasteiger partial charge in [0.25, 0.3) is 0 Å². The first kappa shape index (κ1) is 8.10. The van der Waals surface area contributed by atoms with E-state index < -0.39 is 0 Å². The quantitative estimate of drug-likeness (QED) is 0.659. The lowest BCUT2D eigenvalue weighted by Crippen LogP contribution is -1.93. The maximum absolute atomic E-state index is 9.41. The van der Waals surface area contributed by atoms with Crippen LogP contribution in [0, 0.1) is 0 Å². The summed E-state index contributed by atoms with van der Waals surface area (Å²) in [5.41, 5.74) is 5.93. The van der Waals surface area contributed by atoms with Crippen LogP contribution >= 0.6 is 0 Å². The molecule has 0 radical (unpaired) electrons. The van der Waals surface area contributed by atoms with E-state index in [2.05, 4.69) is 6.07 Å². The Morgan fingerprint density at radius 1 is 1.07 bits per heavy atom. The Balaban J connectivity index is 2.10. The molecule has 0 amide bonds. The van der Waals surface area contributed by atoms with Crippen molar-refractivity contribution in [3.8, 4) is 5.75 Å². The lowest BCUT2D eigenvalue weighted by Gasteiger charge is -2.13. The molecule has 0 aromatic heterocycles. The van der Waals surface area contributed by atoms with Crippen molar-refractivity contribution in [2.75, 3.05) is 0 Å². The van der Waals surface area contributed by atoms with E-state index in [1.807, 2.05) is 12.1 Å². The topological polar surface area (TPSA) is 20.2 Å². The largest absolute Gasteiger partial charge is 0.508 e. The average molecular weight is 186 g/mol. The molecule has 0 spiro atoms. The van der Waals surface area contributed by atoms with Crippen LogP contribution in [0.15, 0.2) is 23.8 Å². The second-order valence-corrected chi connectivity index (χ2v) is 4.31. The number of phenolic OH excluding ortho intramolecular Hbond substituents is 1. The zero-order valence-electron chi connectivity index (χ0n) is 8.21. The van der Waals surface area contributed by atoms with Crippen molar-refractivity contribution in [1.82, 2.24) is 0 Å². The Bertz CT molecular complexity index is 415. The SMILES string of the molecule is Oc1ccc2c(c1)CC1=C2CCCC1. The number of hydrogen-bond donors (Lipinski definition) is 1. The molecule has 1 heteroatoms. The van der Waals surface area contributed by atoms with Crippen LogP contribution in [0.1, 0.15) is 36.8 Å². The highest BCUT2D eigenvalue weighted by molar-refractivity contribution is 5.77. The summed E-state index contributed by atoms with van der Waals surface area (Å²) >= 11 is 0. The first-order valence-electron chi connectivity index (χ1n) is 5.38. The molecule has 0 aliphatic heterocycles. The predicted molar refractivity (Wildman–Crippen MR) is 57.2 cm³/mol. The van der Waals surface area contributed by atoms with Crippen LogP contribution in [0.2, 0.25) is 0 Å². The number of rotatable bonds is 0. The molecule has 0 unspecified atom stereocenters. The number of fused-ring (bicyclic) bond motifs is 2. The molecule has 3 rings (SSSR count). The zero-order valence-corrected chi connectivity index (χ0v) is 8.21. The Labute approximate surface area is 84.1 Å². The van der Waals surface area contributed by atoms with E-state index in [-0.39, 0.29) is 0 Å². The van der Waals surface area contributed by atoms with Crippen LogP contribution in [-0.2, 0) is 6.42 Å². The lowest BCUT2D eigenvalue weighted by molar-refractivity contribution is 0.474. The van der Waals surface area contributed by atoms with Crippen LogP contribution in [0.25, 0.3) is 5.57 Å². The van der Waals surface area contributed by atoms with E-state index in [4.69, 9.17) is 0 Å². The Hall–Kier alpha value is -1.24. The molecule has 0 saturated heterocycles. The van der Waals surface area contributed by atoms with Gasteiger partial charge in [0.05, 0.1) is 0 Å². The number of aromatic hydroxyl groups is 1. The summed E-state index contributed by atoms with van der Waals surface area (Å²) in [6.45, 7) is 0. The van der Waals surface area contributed by atoms with Gasteiger partial charge in [-0.3, -0.25) is 0 Å². The Kier molecular flexibility index (Phi) is 1.66. The molecule has 0 bridgehead atoms. The molecule has 0 heterocycles. The first-order chi connectivity index (χ1) is 6.84. The van der Waals surface area contributed by atoms with Gasteiger partial charge in [0.15, 0.2) is 0 Å². The van der Waals surface area contributed by atoms with E-state index in [0.717, 1.165) is 6.42 Å². The lowest BCUT2D eigenvalue weighted by atomic mass is 9.92. The molecule has 0 atom stereocenters. The van der Waals surface area contributed by atoms with Gasteiger partial charge < -0.3 is 5.11 Å². The second-order valence-electron chi connectivity index (χ2n) is 4.31. The highest BCUT2D eigenvalue weighted by Gasteiger charge is 2.23. The van der Waals surface area contributed by atoms with E-state index in [9.17, 15) is 5.11 Å². The molecule has 1 N–H and O–H groups in total.